The molecule has 0 amide bonds. The highest BCUT2D eigenvalue weighted by atomic mass is 32.1. The Bertz CT molecular complexity index is 3760. The summed E-state index contributed by atoms with van der Waals surface area (Å²) < 4.78 is 2.91. The molecule has 4 aliphatic carbocycles. The highest BCUT2D eigenvalue weighted by Crippen LogP contribution is 2.55. The summed E-state index contributed by atoms with van der Waals surface area (Å²) in [6, 6.07) is 49.0. The fourth-order valence-corrected chi connectivity index (χ4v) is 16.7. The summed E-state index contributed by atoms with van der Waals surface area (Å²) in [6.45, 7) is 33.2. The number of rotatable bonds is 4. The van der Waals surface area contributed by atoms with Gasteiger partial charge in [-0.05, 0) is 222 Å². The van der Waals surface area contributed by atoms with Crippen LogP contribution in [0.1, 0.15) is 177 Å². The van der Waals surface area contributed by atoms with Gasteiger partial charge in [0.2, 0.25) is 0 Å². The van der Waals surface area contributed by atoms with Crippen LogP contribution in [0.4, 0.5) is 28.4 Å². The molecule has 0 bridgehead atoms. The van der Waals surface area contributed by atoms with E-state index in [1.165, 1.54) is 160 Å². The molecule has 1 aromatic heterocycles. The lowest BCUT2D eigenvalue weighted by Gasteiger charge is -2.47. The van der Waals surface area contributed by atoms with Crippen LogP contribution in [0.15, 0.2) is 121 Å². The normalized spacial score (nSPS) is 20.0. The van der Waals surface area contributed by atoms with Crippen molar-refractivity contribution in [3.63, 3.8) is 0 Å². The van der Waals surface area contributed by atoms with E-state index < -0.39 is 0 Å². The van der Waals surface area contributed by atoms with Gasteiger partial charge in [-0.1, -0.05) is 156 Å². The van der Waals surface area contributed by atoms with E-state index >= 15 is 0 Å². The highest BCUT2D eigenvalue weighted by molar-refractivity contribution is 7.33. The van der Waals surface area contributed by atoms with Crippen molar-refractivity contribution in [2.75, 3.05) is 9.80 Å². The average molecular weight is 999 g/mol. The van der Waals surface area contributed by atoms with Gasteiger partial charge in [-0.25, -0.2) is 0 Å². The highest BCUT2D eigenvalue weighted by Gasteiger charge is 2.49. The summed E-state index contributed by atoms with van der Waals surface area (Å²) in [6.07, 6.45) is 8.11. The number of hydrogen-bond donors (Lipinski definition) is 0. The molecule has 0 radical (unpaired) electrons. The van der Waals surface area contributed by atoms with Crippen molar-refractivity contribution in [3.05, 3.63) is 177 Å². The molecule has 378 valence electrons. The van der Waals surface area contributed by atoms with Crippen LogP contribution in [0, 0.1) is 6.92 Å². The van der Waals surface area contributed by atoms with Crippen LogP contribution >= 0.6 is 11.3 Å². The summed E-state index contributed by atoms with van der Waals surface area (Å²) in [5.41, 5.74) is 30.3. The van der Waals surface area contributed by atoms with Gasteiger partial charge in [0.25, 0.3) is 6.71 Å². The lowest BCUT2D eigenvalue weighted by atomic mass is 9.35. The molecule has 2 aliphatic heterocycles. The number of hydrogen-bond acceptors (Lipinski definition) is 3. The molecular weight excluding hydrogens is 924 g/mol. The number of nitrogens with zero attached hydrogens (tertiary/aromatic N) is 2. The Kier molecular flexibility index (Phi) is 9.93. The van der Waals surface area contributed by atoms with E-state index in [0.717, 1.165) is 13.0 Å². The first-order valence-corrected chi connectivity index (χ1v) is 29.3. The summed E-state index contributed by atoms with van der Waals surface area (Å²) in [5, 5.41) is 1.41. The van der Waals surface area contributed by atoms with Crippen molar-refractivity contribution < 1.29 is 0 Å². The van der Waals surface area contributed by atoms with Crippen molar-refractivity contribution in [3.8, 4) is 22.3 Å². The van der Waals surface area contributed by atoms with Crippen LogP contribution in [0.25, 0.3) is 32.3 Å². The molecule has 2 nitrogen and oxygen atoms in total. The molecule has 3 heterocycles. The fraction of sp³-hybridized carbons (Fsp3) is 0.380. The van der Waals surface area contributed by atoms with Gasteiger partial charge in [0.05, 0.1) is 5.69 Å². The molecule has 6 aliphatic rings. The summed E-state index contributed by atoms with van der Waals surface area (Å²) >= 11 is 2.09. The van der Waals surface area contributed by atoms with Crippen molar-refractivity contribution in [2.45, 2.75) is 174 Å². The molecule has 0 saturated heterocycles. The molecule has 75 heavy (non-hydrogen) atoms. The van der Waals surface area contributed by atoms with E-state index in [1.807, 2.05) is 0 Å². The van der Waals surface area contributed by atoms with Crippen LogP contribution in [0.3, 0.4) is 0 Å². The number of benzene rings is 7. The van der Waals surface area contributed by atoms with Crippen LogP contribution in [0.2, 0.25) is 0 Å². The van der Waals surface area contributed by atoms with Gasteiger partial charge in [0.1, 0.15) is 0 Å². The van der Waals surface area contributed by atoms with E-state index in [4.69, 9.17) is 0 Å². The molecule has 0 unspecified atom stereocenters. The maximum Gasteiger partial charge on any atom is 0.264 e. The van der Waals surface area contributed by atoms with Gasteiger partial charge in [-0.15, -0.1) is 11.3 Å². The zero-order valence-corrected chi connectivity index (χ0v) is 47.9. The van der Waals surface area contributed by atoms with E-state index in [9.17, 15) is 0 Å². The molecule has 0 N–H and O–H groups in total. The number of thiophene rings is 1. The Morgan fingerprint density at radius 3 is 1.69 bits per heavy atom. The van der Waals surface area contributed by atoms with Crippen molar-refractivity contribution in [1.82, 2.24) is 0 Å². The van der Waals surface area contributed by atoms with Gasteiger partial charge in [0, 0.05) is 44.2 Å². The Hall–Kier alpha value is -5.84. The number of anilines is 5. The third-order valence-electron chi connectivity index (χ3n) is 20.4. The zero-order valence-electron chi connectivity index (χ0n) is 47.1. The van der Waals surface area contributed by atoms with Gasteiger partial charge < -0.3 is 9.80 Å². The summed E-state index contributed by atoms with van der Waals surface area (Å²) in [4.78, 5) is 5.56. The molecule has 0 spiro atoms. The van der Waals surface area contributed by atoms with Gasteiger partial charge >= 0.3 is 0 Å². The minimum atomic E-state index is 0.0538. The molecular formula is C71H75BN2S. The Labute approximate surface area is 452 Å². The van der Waals surface area contributed by atoms with Gasteiger partial charge in [0.15, 0.2) is 0 Å². The smallest absolute Gasteiger partial charge is 0.264 e. The standard InChI is InChI=1S/C71H75BN2S/c1-42-31-60-63-61(32-42)74(47-23-24-49-45(34-47)33-44-21-17-18-22-48(44)49)64-51-37-54-57(71(12,13)30-27-68(54,6)7)40-62(51)75-65(64)72(63)58-38-55-56(70(10,11)29-28-69(55,8)9)39-59(58)73(60)41-46-35-52-53(67(4,5)26-25-66(52,2)3)36-50(46)43-19-15-14-16-20-43/h14-24,31-32,34-40H,25-30,33,41H2,1-13H3. The van der Waals surface area contributed by atoms with Crippen LogP contribution in [-0.4, -0.2) is 6.71 Å². The maximum atomic E-state index is 2.81. The summed E-state index contributed by atoms with van der Waals surface area (Å²) in [7, 11) is 0. The Balaban J connectivity index is 1.08. The average Bonchev–Trinajstić information content (AvgIpc) is 3.94. The molecule has 8 aromatic rings. The molecule has 4 heteroatoms. The topological polar surface area (TPSA) is 6.48 Å². The quantitative estimate of drug-likeness (QED) is 0.162. The lowest BCUT2D eigenvalue weighted by molar-refractivity contribution is 0.331. The molecule has 0 atom stereocenters. The van der Waals surface area contributed by atoms with Crippen molar-refractivity contribution in [1.29, 1.82) is 0 Å². The van der Waals surface area contributed by atoms with Gasteiger partial charge in [-0.3, -0.25) is 0 Å². The molecule has 0 fully saturated rings. The Morgan fingerprint density at radius 2 is 1.03 bits per heavy atom. The zero-order chi connectivity index (χ0) is 52.1. The maximum absolute atomic E-state index is 2.81. The lowest BCUT2D eigenvalue weighted by Crippen LogP contribution is -2.61. The van der Waals surface area contributed by atoms with E-state index in [1.54, 1.807) is 11.1 Å². The molecule has 7 aromatic carbocycles. The van der Waals surface area contributed by atoms with Crippen molar-refractivity contribution in [2.24, 2.45) is 0 Å². The van der Waals surface area contributed by atoms with Crippen molar-refractivity contribution >= 4 is 72.3 Å². The van der Waals surface area contributed by atoms with E-state index in [-0.39, 0.29) is 39.2 Å². The largest absolute Gasteiger partial charge is 0.338 e. The predicted octanol–water partition coefficient (Wildman–Crippen LogP) is 17.4. The first-order valence-electron chi connectivity index (χ1n) is 28.5. The predicted molar refractivity (Wildman–Crippen MR) is 324 cm³/mol. The monoisotopic (exact) mass is 999 g/mol. The second kappa shape index (κ2) is 15.7. The van der Waals surface area contributed by atoms with Crippen LogP contribution in [0.5, 0.6) is 0 Å². The Morgan fingerprint density at radius 1 is 0.480 bits per heavy atom. The number of fused-ring (bicyclic) bond motifs is 12. The minimum Gasteiger partial charge on any atom is -0.338 e. The van der Waals surface area contributed by atoms with E-state index in [2.05, 4.69) is 232 Å². The van der Waals surface area contributed by atoms with Gasteiger partial charge in [-0.2, -0.15) is 0 Å². The second-order valence-electron chi connectivity index (χ2n) is 28.1. The minimum absolute atomic E-state index is 0.0538. The third kappa shape index (κ3) is 6.95. The molecule has 14 rings (SSSR count). The van der Waals surface area contributed by atoms with Crippen LogP contribution in [-0.2, 0) is 45.5 Å². The SMILES string of the molecule is Cc1cc2c3c(c1)N(c1ccc4c(c1)Cc1ccccc1-4)c1c(sc4cc5c(cc14)C(C)(C)CCC5(C)C)B3c1cc3c(cc1N2Cc1cc2c(cc1-c1ccccc1)C(C)(C)CCC2(C)C)C(C)(C)CCC3(C)C. The summed E-state index contributed by atoms with van der Waals surface area (Å²) in [5.74, 6) is 0. The molecule has 0 saturated carbocycles. The first-order chi connectivity index (χ1) is 35.5. The third-order valence-corrected chi connectivity index (χ3v) is 21.6. The second-order valence-corrected chi connectivity index (χ2v) is 29.2. The fourth-order valence-electron chi connectivity index (χ4n) is 15.4. The number of aryl methyl sites for hydroxylation is 1. The van der Waals surface area contributed by atoms with Crippen LogP contribution < -0.4 is 25.5 Å². The van der Waals surface area contributed by atoms with E-state index in [0.29, 0.717) is 0 Å². The first kappa shape index (κ1) is 47.6.